The lowest BCUT2D eigenvalue weighted by atomic mass is 10.1. The number of hydrogen-bond donors (Lipinski definition) is 1. The molecule has 24 heavy (non-hydrogen) atoms. The summed E-state index contributed by atoms with van der Waals surface area (Å²) in [6.07, 6.45) is 4.42. The number of ether oxygens (including phenoxy) is 1. The summed E-state index contributed by atoms with van der Waals surface area (Å²) in [6, 6.07) is 12.1. The van der Waals surface area contributed by atoms with Crippen LogP contribution in [0, 0.1) is 0 Å². The molecule has 2 aromatic rings. The Balaban J connectivity index is 1.26. The lowest BCUT2D eigenvalue weighted by Crippen LogP contribution is -2.41. The zero-order valence-corrected chi connectivity index (χ0v) is 13.8. The first-order valence-electron chi connectivity index (χ1n) is 8.80. The van der Waals surface area contributed by atoms with Crippen molar-refractivity contribution in [2.75, 3.05) is 13.1 Å². The molecule has 0 unspecified atom stereocenters. The Bertz CT molecular complexity index is 686. The van der Waals surface area contributed by atoms with Gasteiger partial charge in [-0.25, -0.2) is 0 Å². The van der Waals surface area contributed by atoms with Crippen LogP contribution in [0.1, 0.15) is 53.3 Å². The number of nitrogens with one attached hydrogen (secondary N) is 1. The average Bonchev–Trinajstić information content (AvgIpc) is 3.38. The molecular formula is C19H23N3O2. The summed E-state index contributed by atoms with van der Waals surface area (Å²) in [5.41, 5.74) is 2.86. The lowest BCUT2D eigenvalue weighted by molar-refractivity contribution is -0.000508. The summed E-state index contributed by atoms with van der Waals surface area (Å²) in [5, 5.41) is 7.21. The highest BCUT2D eigenvalue weighted by Gasteiger charge is 2.29. The quantitative estimate of drug-likeness (QED) is 0.919. The summed E-state index contributed by atoms with van der Waals surface area (Å²) < 4.78 is 5.99. The van der Waals surface area contributed by atoms with Gasteiger partial charge in [-0.2, -0.15) is 5.10 Å². The van der Waals surface area contributed by atoms with Crippen molar-refractivity contribution in [1.82, 2.24) is 15.1 Å². The number of aromatic amines is 1. The molecule has 1 amide bonds. The van der Waals surface area contributed by atoms with E-state index in [0.717, 1.165) is 31.6 Å². The molecule has 5 heteroatoms. The van der Waals surface area contributed by atoms with Gasteiger partial charge in [0.2, 0.25) is 0 Å². The Morgan fingerprint density at radius 3 is 2.62 bits per heavy atom. The minimum Gasteiger partial charge on any atom is -0.373 e. The van der Waals surface area contributed by atoms with Crippen molar-refractivity contribution in [1.29, 1.82) is 0 Å². The van der Waals surface area contributed by atoms with Crippen molar-refractivity contribution in [3.8, 4) is 0 Å². The molecule has 5 nitrogen and oxygen atoms in total. The standard InChI is InChI=1S/C19H23N3O2/c23-19(18-12-17(20-21-18)15-6-7-15)22-10-8-16(9-11-22)24-13-14-4-2-1-3-5-14/h1-5,12,15-16H,6-11,13H2,(H,20,21). The van der Waals surface area contributed by atoms with E-state index in [1.165, 1.54) is 18.4 Å². The van der Waals surface area contributed by atoms with E-state index in [1.807, 2.05) is 29.2 Å². The van der Waals surface area contributed by atoms with E-state index in [0.29, 0.717) is 18.2 Å². The molecule has 1 N–H and O–H groups in total. The van der Waals surface area contributed by atoms with Crippen molar-refractivity contribution < 1.29 is 9.53 Å². The largest absolute Gasteiger partial charge is 0.373 e. The fraction of sp³-hybridized carbons (Fsp3) is 0.474. The molecule has 4 rings (SSSR count). The Labute approximate surface area is 142 Å². The molecule has 1 aliphatic carbocycles. The van der Waals surface area contributed by atoms with Crippen LogP contribution in [0.15, 0.2) is 36.4 Å². The van der Waals surface area contributed by atoms with Crippen LogP contribution in [0.25, 0.3) is 0 Å². The van der Waals surface area contributed by atoms with Gasteiger partial charge in [0.15, 0.2) is 0 Å². The van der Waals surface area contributed by atoms with Crippen molar-refractivity contribution in [3.05, 3.63) is 53.3 Å². The van der Waals surface area contributed by atoms with Crippen LogP contribution >= 0.6 is 0 Å². The van der Waals surface area contributed by atoms with Crippen molar-refractivity contribution in [3.63, 3.8) is 0 Å². The van der Waals surface area contributed by atoms with Gasteiger partial charge in [0.1, 0.15) is 5.69 Å². The van der Waals surface area contributed by atoms with E-state index in [2.05, 4.69) is 22.3 Å². The first-order chi connectivity index (χ1) is 11.8. The van der Waals surface area contributed by atoms with Gasteiger partial charge < -0.3 is 9.64 Å². The number of H-pyrrole nitrogens is 1. The highest BCUT2D eigenvalue weighted by Crippen LogP contribution is 2.39. The van der Waals surface area contributed by atoms with Gasteiger partial charge in [0.25, 0.3) is 5.91 Å². The number of rotatable bonds is 5. The number of carbonyl (C=O) groups excluding carboxylic acids is 1. The Morgan fingerprint density at radius 1 is 1.17 bits per heavy atom. The Morgan fingerprint density at radius 2 is 1.92 bits per heavy atom. The van der Waals surface area contributed by atoms with Crippen LogP contribution in [0.4, 0.5) is 0 Å². The van der Waals surface area contributed by atoms with E-state index in [9.17, 15) is 4.79 Å². The van der Waals surface area contributed by atoms with Crippen LogP contribution in [-0.4, -0.2) is 40.2 Å². The smallest absolute Gasteiger partial charge is 0.274 e. The maximum Gasteiger partial charge on any atom is 0.274 e. The Kier molecular flexibility index (Phi) is 4.34. The molecule has 0 radical (unpaired) electrons. The second kappa shape index (κ2) is 6.77. The molecule has 0 atom stereocenters. The molecule has 1 aliphatic heterocycles. The molecule has 1 aromatic carbocycles. The van der Waals surface area contributed by atoms with Crippen LogP contribution in [0.5, 0.6) is 0 Å². The molecule has 0 bridgehead atoms. The van der Waals surface area contributed by atoms with Gasteiger partial charge in [0.05, 0.1) is 12.7 Å². The maximum absolute atomic E-state index is 12.5. The van der Waals surface area contributed by atoms with Crippen LogP contribution in [0.3, 0.4) is 0 Å². The summed E-state index contributed by atoms with van der Waals surface area (Å²) in [5.74, 6) is 0.635. The summed E-state index contributed by atoms with van der Waals surface area (Å²) in [6.45, 7) is 2.12. The third-order valence-electron chi connectivity index (χ3n) is 4.89. The van der Waals surface area contributed by atoms with Crippen molar-refractivity contribution in [2.45, 2.75) is 44.3 Å². The maximum atomic E-state index is 12.5. The Hall–Kier alpha value is -2.14. The second-order valence-electron chi connectivity index (χ2n) is 6.77. The number of nitrogens with zero attached hydrogens (tertiary/aromatic N) is 2. The van der Waals surface area contributed by atoms with E-state index in [-0.39, 0.29) is 12.0 Å². The van der Waals surface area contributed by atoms with Gasteiger partial charge in [-0.3, -0.25) is 9.89 Å². The number of piperidine rings is 1. The van der Waals surface area contributed by atoms with Gasteiger partial charge in [-0.15, -0.1) is 0 Å². The SMILES string of the molecule is O=C(c1cc(C2CC2)[nH]n1)N1CCC(OCc2ccccc2)CC1. The molecule has 1 saturated carbocycles. The average molecular weight is 325 g/mol. The number of amides is 1. The highest BCUT2D eigenvalue weighted by atomic mass is 16.5. The number of carbonyl (C=O) groups is 1. The van der Waals surface area contributed by atoms with E-state index in [4.69, 9.17) is 4.74 Å². The molecule has 2 heterocycles. The summed E-state index contributed by atoms with van der Waals surface area (Å²) in [7, 11) is 0. The highest BCUT2D eigenvalue weighted by molar-refractivity contribution is 5.92. The van der Waals surface area contributed by atoms with E-state index in [1.54, 1.807) is 0 Å². The van der Waals surface area contributed by atoms with Crippen LogP contribution in [0.2, 0.25) is 0 Å². The molecule has 2 aliphatic rings. The predicted octanol–water partition coefficient (Wildman–Crippen LogP) is 3.11. The molecule has 126 valence electrons. The topological polar surface area (TPSA) is 58.2 Å². The van der Waals surface area contributed by atoms with E-state index < -0.39 is 0 Å². The minimum atomic E-state index is 0.0414. The third-order valence-corrected chi connectivity index (χ3v) is 4.89. The molecular weight excluding hydrogens is 302 g/mol. The minimum absolute atomic E-state index is 0.0414. The first-order valence-corrected chi connectivity index (χ1v) is 8.80. The monoisotopic (exact) mass is 325 g/mol. The molecule has 2 fully saturated rings. The van der Waals surface area contributed by atoms with Gasteiger partial charge in [0, 0.05) is 24.7 Å². The lowest BCUT2D eigenvalue weighted by Gasteiger charge is -2.31. The summed E-state index contributed by atoms with van der Waals surface area (Å²) in [4.78, 5) is 14.4. The van der Waals surface area contributed by atoms with Gasteiger partial charge >= 0.3 is 0 Å². The van der Waals surface area contributed by atoms with Crippen molar-refractivity contribution in [2.24, 2.45) is 0 Å². The summed E-state index contributed by atoms with van der Waals surface area (Å²) >= 11 is 0. The zero-order chi connectivity index (χ0) is 16.4. The molecule has 1 aromatic heterocycles. The third kappa shape index (κ3) is 3.51. The number of hydrogen-bond acceptors (Lipinski definition) is 3. The second-order valence-corrected chi connectivity index (χ2v) is 6.77. The van der Waals surface area contributed by atoms with Crippen molar-refractivity contribution >= 4 is 5.91 Å². The fourth-order valence-electron chi connectivity index (χ4n) is 3.23. The normalized spacial score (nSPS) is 18.8. The fourth-order valence-corrected chi connectivity index (χ4v) is 3.23. The van der Waals surface area contributed by atoms with E-state index >= 15 is 0 Å². The van der Waals surface area contributed by atoms with Crippen LogP contribution < -0.4 is 0 Å². The number of benzene rings is 1. The van der Waals surface area contributed by atoms with Crippen LogP contribution in [-0.2, 0) is 11.3 Å². The number of likely N-dealkylation sites (tertiary alicyclic amines) is 1. The van der Waals surface area contributed by atoms with Gasteiger partial charge in [-0.05, 0) is 37.3 Å². The first kappa shape index (κ1) is 15.4. The van der Waals surface area contributed by atoms with Gasteiger partial charge in [-0.1, -0.05) is 30.3 Å². The molecule has 1 saturated heterocycles. The zero-order valence-electron chi connectivity index (χ0n) is 13.8. The molecule has 0 spiro atoms. The predicted molar refractivity (Wildman–Crippen MR) is 90.7 cm³/mol. The number of aromatic nitrogens is 2.